The van der Waals surface area contributed by atoms with Gasteiger partial charge in [0.2, 0.25) is 5.91 Å². The molecule has 2 unspecified atom stereocenters. The van der Waals surface area contributed by atoms with E-state index in [1.165, 1.54) is 0 Å². The lowest BCUT2D eigenvalue weighted by Crippen LogP contribution is -2.40. The molecule has 0 aliphatic carbocycles. The van der Waals surface area contributed by atoms with Crippen LogP contribution in [0.25, 0.3) is 0 Å². The number of nitrogens with two attached hydrogens (primary N) is 1. The van der Waals surface area contributed by atoms with E-state index in [2.05, 4.69) is 5.32 Å². The van der Waals surface area contributed by atoms with Crippen LogP contribution in [0.1, 0.15) is 33.6 Å². The van der Waals surface area contributed by atoms with Gasteiger partial charge >= 0.3 is 0 Å². The molecule has 1 aromatic carbocycles. The summed E-state index contributed by atoms with van der Waals surface area (Å²) in [7, 11) is 0. The molecule has 0 bridgehead atoms. The Morgan fingerprint density at radius 1 is 1.45 bits per heavy atom. The van der Waals surface area contributed by atoms with Gasteiger partial charge in [0, 0.05) is 5.69 Å². The summed E-state index contributed by atoms with van der Waals surface area (Å²) in [5.41, 5.74) is 6.51. The molecule has 0 aliphatic rings. The van der Waals surface area contributed by atoms with Gasteiger partial charge in [-0.2, -0.15) is 0 Å². The number of benzene rings is 1. The molecule has 1 aromatic rings. The molecule has 1 amide bonds. The van der Waals surface area contributed by atoms with Crippen molar-refractivity contribution in [2.75, 3.05) is 11.9 Å². The van der Waals surface area contributed by atoms with E-state index in [9.17, 15) is 4.79 Å². The van der Waals surface area contributed by atoms with E-state index < -0.39 is 6.04 Å². The average molecular weight is 299 g/mol. The topological polar surface area (TPSA) is 64.3 Å². The highest BCUT2D eigenvalue weighted by Gasteiger charge is 2.19. The first-order chi connectivity index (χ1) is 9.49. The van der Waals surface area contributed by atoms with Crippen molar-refractivity contribution in [3.63, 3.8) is 0 Å². The van der Waals surface area contributed by atoms with Crippen LogP contribution in [0.2, 0.25) is 5.02 Å². The number of carbonyl (C=O) groups excluding carboxylic acids is 1. The molecule has 0 aromatic heterocycles. The summed E-state index contributed by atoms with van der Waals surface area (Å²) < 4.78 is 5.48. The second-order valence-corrected chi connectivity index (χ2v) is 5.30. The largest absolute Gasteiger partial charge is 0.492 e. The monoisotopic (exact) mass is 298 g/mol. The molecule has 0 spiro atoms. The fourth-order valence-electron chi connectivity index (χ4n) is 1.65. The minimum atomic E-state index is -0.519. The second kappa shape index (κ2) is 8.12. The number of nitrogens with one attached hydrogen (secondary N) is 1. The van der Waals surface area contributed by atoms with Gasteiger partial charge in [-0.05, 0) is 30.5 Å². The van der Waals surface area contributed by atoms with E-state index in [0.29, 0.717) is 23.1 Å². The van der Waals surface area contributed by atoms with Crippen LogP contribution in [0.15, 0.2) is 18.2 Å². The molecule has 0 fully saturated rings. The summed E-state index contributed by atoms with van der Waals surface area (Å²) >= 11 is 6.11. The Kier molecular flexibility index (Phi) is 6.82. The first-order valence-electron chi connectivity index (χ1n) is 6.98. The highest BCUT2D eigenvalue weighted by Crippen LogP contribution is 2.28. The molecular formula is C15H23ClN2O2. The van der Waals surface area contributed by atoms with Crippen LogP contribution in [-0.4, -0.2) is 18.6 Å². The Bertz CT molecular complexity index is 451. The lowest BCUT2D eigenvalue weighted by molar-refractivity contribution is -0.118. The first-order valence-corrected chi connectivity index (χ1v) is 7.36. The summed E-state index contributed by atoms with van der Waals surface area (Å²) in [6.07, 6.45) is 1.78. The zero-order valence-corrected chi connectivity index (χ0v) is 13.0. The van der Waals surface area contributed by atoms with Crippen molar-refractivity contribution in [1.82, 2.24) is 0 Å². The molecule has 5 heteroatoms. The smallest absolute Gasteiger partial charge is 0.241 e. The lowest BCUT2D eigenvalue weighted by Gasteiger charge is -2.18. The van der Waals surface area contributed by atoms with Crippen molar-refractivity contribution in [1.29, 1.82) is 0 Å². The number of amides is 1. The van der Waals surface area contributed by atoms with E-state index in [0.717, 1.165) is 12.8 Å². The van der Waals surface area contributed by atoms with Gasteiger partial charge in [-0.3, -0.25) is 4.79 Å². The predicted molar refractivity (Wildman–Crippen MR) is 83.3 cm³/mol. The minimum absolute atomic E-state index is 0.137. The normalized spacial score (nSPS) is 13.7. The molecule has 0 radical (unpaired) electrons. The van der Waals surface area contributed by atoms with Crippen molar-refractivity contribution in [2.24, 2.45) is 11.7 Å². The van der Waals surface area contributed by atoms with Crippen LogP contribution in [0.4, 0.5) is 5.69 Å². The summed E-state index contributed by atoms with van der Waals surface area (Å²) in [5, 5.41) is 3.26. The van der Waals surface area contributed by atoms with Crippen molar-refractivity contribution in [2.45, 2.75) is 39.7 Å². The molecule has 0 saturated carbocycles. The molecule has 0 aliphatic heterocycles. The summed E-state index contributed by atoms with van der Waals surface area (Å²) in [4.78, 5) is 12.0. The first kappa shape index (κ1) is 16.8. The number of hydrogen-bond acceptors (Lipinski definition) is 3. The number of carbonyl (C=O) groups is 1. The Hall–Kier alpha value is -1.26. The SMILES string of the molecule is CCCOc1ccc(NC(=O)C(N)C(C)CC)cc1Cl. The highest BCUT2D eigenvalue weighted by atomic mass is 35.5. The maximum atomic E-state index is 12.0. The molecule has 4 nitrogen and oxygen atoms in total. The lowest BCUT2D eigenvalue weighted by atomic mass is 9.99. The average Bonchev–Trinajstić information content (AvgIpc) is 2.44. The zero-order valence-electron chi connectivity index (χ0n) is 12.3. The highest BCUT2D eigenvalue weighted by molar-refractivity contribution is 6.32. The van der Waals surface area contributed by atoms with Gasteiger partial charge in [0.15, 0.2) is 0 Å². The maximum absolute atomic E-state index is 12.0. The van der Waals surface area contributed by atoms with Gasteiger partial charge in [0.25, 0.3) is 0 Å². The van der Waals surface area contributed by atoms with Crippen LogP contribution in [0, 0.1) is 5.92 Å². The standard InChI is InChI=1S/C15H23ClN2O2/c1-4-8-20-13-7-6-11(9-12(13)16)18-15(19)14(17)10(3)5-2/h6-7,9-10,14H,4-5,8,17H2,1-3H3,(H,18,19). The van der Waals surface area contributed by atoms with Gasteiger partial charge < -0.3 is 15.8 Å². The Balaban J connectivity index is 2.69. The third-order valence-electron chi connectivity index (χ3n) is 3.22. The molecule has 112 valence electrons. The fraction of sp³-hybridized carbons (Fsp3) is 0.533. The van der Waals surface area contributed by atoms with E-state index in [4.69, 9.17) is 22.1 Å². The van der Waals surface area contributed by atoms with E-state index in [1.807, 2.05) is 20.8 Å². The van der Waals surface area contributed by atoms with E-state index in [-0.39, 0.29) is 11.8 Å². The van der Waals surface area contributed by atoms with Crippen molar-refractivity contribution in [3.8, 4) is 5.75 Å². The minimum Gasteiger partial charge on any atom is -0.492 e. The Morgan fingerprint density at radius 3 is 2.70 bits per heavy atom. The molecule has 2 atom stereocenters. The summed E-state index contributed by atoms with van der Waals surface area (Å²) in [6, 6.07) is 4.67. The van der Waals surface area contributed by atoms with Gasteiger partial charge in [-0.15, -0.1) is 0 Å². The predicted octanol–water partition coefficient (Wildman–Crippen LogP) is 3.44. The van der Waals surface area contributed by atoms with Crippen LogP contribution in [0.5, 0.6) is 5.75 Å². The number of hydrogen-bond donors (Lipinski definition) is 2. The van der Waals surface area contributed by atoms with Crippen LogP contribution in [0.3, 0.4) is 0 Å². The molecule has 20 heavy (non-hydrogen) atoms. The van der Waals surface area contributed by atoms with Crippen LogP contribution in [-0.2, 0) is 4.79 Å². The molecule has 0 heterocycles. The van der Waals surface area contributed by atoms with Gasteiger partial charge in [0.1, 0.15) is 5.75 Å². The summed E-state index contributed by atoms with van der Waals surface area (Å²) in [6.45, 7) is 6.61. The molecule has 3 N–H and O–H groups in total. The number of anilines is 1. The van der Waals surface area contributed by atoms with Gasteiger partial charge in [-0.1, -0.05) is 38.8 Å². The van der Waals surface area contributed by atoms with Gasteiger partial charge in [-0.25, -0.2) is 0 Å². The maximum Gasteiger partial charge on any atom is 0.241 e. The van der Waals surface area contributed by atoms with Crippen molar-refractivity contribution in [3.05, 3.63) is 23.2 Å². The molecule has 0 saturated heterocycles. The second-order valence-electron chi connectivity index (χ2n) is 4.89. The van der Waals surface area contributed by atoms with Gasteiger partial charge in [0.05, 0.1) is 17.7 Å². The van der Waals surface area contributed by atoms with E-state index in [1.54, 1.807) is 18.2 Å². The number of halogens is 1. The number of ether oxygens (including phenoxy) is 1. The quantitative estimate of drug-likeness (QED) is 0.810. The zero-order chi connectivity index (χ0) is 15.1. The molecule has 1 rings (SSSR count). The molecular weight excluding hydrogens is 276 g/mol. The van der Waals surface area contributed by atoms with Crippen LogP contribution < -0.4 is 15.8 Å². The third-order valence-corrected chi connectivity index (χ3v) is 3.52. The fourth-order valence-corrected chi connectivity index (χ4v) is 1.88. The van der Waals surface area contributed by atoms with Crippen LogP contribution >= 0.6 is 11.6 Å². The van der Waals surface area contributed by atoms with Crippen molar-refractivity contribution >= 4 is 23.2 Å². The summed E-state index contributed by atoms with van der Waals surface area (Å²) in [5.74, 6) is 0.563. The Labute approximate surface area is 125 Å². The number of rotatable bonds is 7. The Morgan fingerprint density at radius 2 is 2.15 bits per heavy atom. The van der Waals surface area contributed by atoms with Crippen molar-refractivity contribution < 1.29 is 9.53 Å². The third kappa shape index (κ3) is 4.69. The van der Waals surface area contributed by atoms with E-state index >= 15 is 0 Å².